The molecular weight excluding hydrogens is 254 g/mol. The van der Waals surface area contributed by atoms with Gasteiger partial charge in [0.2, 0.25) is 0 Å². The van der Waals surface area contributed by atoms with Crippen LogP contribution in [0.25, 0.3) is 0 Å². The van der Waals surface area contributed by atoms with E-state index in [9.17, 15) is 0 Å². The van der Waals surface area contributed by atoms with Gasteiger partial charge in [0.1, 0.15) is 0 Å². The Morgan fingerprint density at radius 3 is 2.48 bits per heavy atom. The highest BCUT2D eigenvalue weighted by Crippen LogP contribution is 2.67. The Balaban J connectivity index is 1.67. The second kappa shape index (κ2) is 4.49. The minimum absolute atomic E-state index is 0.174. The van der Waals surface area contributed by atoms with Gasteiger partial charge in [0.05, 0.1) is 0 Å². The molecule has 4 aliphatic carbocycles. The van der Waals surface area contributed by atoms with Gasteiger partial charge < -0.3 is 5.73 Å². The van der Waals surface area contributed by atoms with Crippen LogP contribution in [0.4, 0.5) is 0 Å². The molecule has 2 N–H and O–H groups in total. The van der Waals surface area contributed by atoms with Crippen molar-refractivity contribution >= 4 is 0 Å². The molecule has 0 bridgehead atoms. The van der Waals surface area contributed by atoms with E-state index in [0.29, 0.717) is 10.8 Å². The van der Waals surface area contributed by atoms with Gasteiger partial charge in [-0.2, -0.15) is 0 Å². The Labute approximate surface area is 131 Å². The molecule has 0 radical (unpaired) electrons. The summed E-state index contributed by atoms with van der Waals surface area (Å²) in [6.45, 7) is 7.65. The van der Waals surface area contributed by atoms with Gasteiger partial charge in [-0.15, -0.1) is 0 Å². The molecule has 4 rings (SSSR count). The van der Waals surface area contributed by atoms with Crippen LogP contribution in [0.15, 0.2) is 0 Å². The molecule has 1 heteroatoms. The van der Waals surface area contributed by atoms with E-state index in [1.165, 1.54) is 64.2 Å². The van der Waals surface area contributed by atoms with Crippen LogP contribution in [0.1, 0.15) is 85.0 Å². The highest BCUT2D eigenvalue weighted by atomic mass is 14.9. The van der Waals surface area contributed by atoms with Crippen molar-refractivity contribution in [1.82, 2.24) is 0 Å². The van der Waals surface area contributed by atoms with E-state index in [2.05, 4.69) is 20.8 Å². The van der Waals surface area contributed by atoms with E-state index >= 15 is 0 Å². The van der Waals surface area contributed by atoms with Gasteiger partial charge in [-0.3, -0.25) is 0 Å². The van der Waals surface area contributed by atoms with Gasteiger partial charge in [0, 0.05) is 5.54 Å². The summed E-state index contributed by atoms with van der Waals surface area (Å²) in [5.74, 6) is 3.72. The first-order chi connectivity index (χ1) is 9.89. The Kier molecular flexibility index (Phi) is 3.11. The zero-order valence-electron chi connectivity index (χ0n) is 14.5. The summed E-state index contributed by atoms with van der Waals surface area (Å²) < 4.78 is 0. The van der Waals surface area contributed by atoms with Gasteiger partial charge in [-0.1, -0.05) is 33.6 Å². The Hall–Kier alpha value is -0.0400. The fourth-order valence-corrected chi connectivity index (χ4v) is 7.53. The third kappa shape index (κ3) is 1.79. The second-order valence-electron chi connectivity index (χ2n) is 9.87. The summed E-state index contributed by atoms with van der Waals surface area (Å²) >= 11 is 0. The maximum atomic E-state index is 7.16. The van der Waals surface area contributed by atoms with Gasteiger partial charge >= 0.3 is 0 Å². The van der Waals surface area contributed by atoms with E-state index in [1.807, 2.05) is 0 Å². The summed E-state index contributed by atoms with van der Waals surface area (Å²) in [6.07, 6.45) is 14.3. The first-order valence-corrected chi connectivity index (χ1v) is 9.68. The molecule has 4 aliphatic rings. The molecule has 0 heterocycles. The average Bonchev–Trinajstić information content (AvgIpc) is 2.75. The number of hydrogen-bond donors (Lipinski definition) is 1. The topological polar surface area (TPSA) is 26.0 Å². The highest BCUT2D eigenvalue weighted by Gasteiger charge is 2.63. The van der Waals surface area contributed by atoms with Crippen LogP contribution in [-0.2, 0) is 0 Å². The van der Waals surface area contributed by atoms with Gasteiger partial charge in [0.25, 0.3) is 0 Å². The largest absolute Gasteiger partial charge is 0.324 e. The molecule has 21 heavy (non-hydrogen) atoms. The fraction of sp³-hybridized carbons (Fsp3) is 1.00. The molecular formula is C20H35N. The van der Waals surface area contributed by atoms with Crippen molar-refractivity contribution in [2.75, 3.05) is 0 Å². The van der Waals surface area contributed by atoms with Crippen molar-refractivity contribution in [3.63, 3.8) is 0 Å². The van der Waals surface area contributed by atoms with Crippen molar-refractivity contribution in [2.24, 2.45) is 40.2 Å². The molecule has 2 unspecified atom stereocenters. The van der Waals surface area contributed by atoms with Crippen LogP contribution < -0.4 is 5.73 Å². The summed E-state index contributed by atoms with van der Waals surface area (Å²) in [4.78, 5) is 0. The first-order valence-electron chi connectivity index (χ1n) is 9.68. The molecule has 120 valence electrons. The average molecular weight is 290 g/mol. The molecule has 0 aromatic carbocycles. The number of fused-ring (bicyclic) bond motifs is 5. The number of nitrogens with two attached hydrogens (primary N) is 1. The predicted molar refractivity (Wildman–Crippen MR) is 88.9 cm³/mol. The maximum Gasteiger partial charge on any atom is 0.0240 e. The molecule has 0 aromatic heterocycles. The lowest BCUT2D eigenvalue weighted by Gasteiger charge is -2.63. The summed E-state index contributed by atoms with van der Waals surface area (Å²) in [7, 11) is 0. The molecule has 0 aliphatic heterocycles. The van der Waals surface area contributed by atoms with Crippen LogP contribution in [0, 0.1) is 34.5 Å². The van der Waals surface area contributed by atoms with Gasteiger partial charge in [-0.25, -0.2) is 0 Å². The van der Waals surface area contributed by atoms with Crippen molar-refractivity contribution in [2.45, 2.75) is 90.5 Å². The normalized spacial score (nSPS) is 60.0. The van der Waals surface area contributed by atoms with Crippen LogP contribution in [0.3, 0.4) is 0 Å². The predicted octanol–water partition coefficient (Wildman–Crippen LogP) is 5.14. The highest BCUT2D eigenvalue weighted by molar-refractivity contribution is 5.16. The minimum atomic E-state index is 0.174. The van der Waals surface area contributed by atoms with Crippen molar-refractivity contribution < 1.29 is 0 Å². The molecule has 0 aromatic rings. The van der Waals surface area contributed by atoms with E-state index in [4.69, 9.17) is 5.73 Å². The van der Waals surface area contributed by atoms with Crippen LogP contribution in [-0.4, -0.2) is 5.54 Å². The van der Waals surface area contributed by atoms with Crippen molar-refractivity contribution in [1.29, 1.82) is 0 Å². The summed E-state index contributed by atoms with van der Waals surface area (Å²) in [5, 5.41) is 0. The quantitative estimate of drug-likeness (QED) is 0.657. The van der Waals surface area contributed by atoms with Gasteiger partial charge in [-0.05, 0) is 85.9 Å². The molecule has 4 fully saturated rings. The lowest BCUT2D eigenvalue weighted by Crippen LogP contribution is -2.65. The Morgan fingerprint density at radius 1 is 0.857 bits per heavy atom. The number of rotatable bonds is 0. The van der Waals surface area contributed by atoms with Crippen LogP contribution in [0.5, 0.6) is 0 Å². The first kappa shape index (κ1) is 14.5. The molecule has 0 saturated heterocycles. The third-order valence-electron chi connectivity index (χ3n) is 9.07. The van der Waals surface area contributed by atoms with Crippen molar-refractivity contribution in [3.05, 3.63) is 0 Å². The zero-order chi connectivity index (χ0) is 14.9. The monoisotopic (exact) mass is 289 g/mol. The second-order valence-corrected chi connectivity index (χ2v) is 9.87. The van der Waals surface area contributed by atoms with E-state index in [1.54, 1.807) is 0 Å². The van der Waals surface area contributed by atoms with Crippen LogP contribution >= 0.6 is 0 Å². The molecule has 1 nitrogen and oxygen atoms in total. The SMILES string of the molecule is CC1CC[C@@]2(C)[C@H](CCC3[C@@H]2CC[C@]2(C)CCC[C@]32N)C1. The molecule has 0 spiro atoms. The lowest BCUT2D eigenvalue weighted by atomic mass is 9.43. The zero-order valence-corrected chi connectivity index (χ0v) is 14.5. The Bertz CT molecular complexity index is 432. The summed E-state index contributed by atoms with van der Waals surface area (Å²) in [6, 6.07) is 0. The Morgan fingerprint density at radius 2 is 1.67 bits per heavy atom. The summed E-state index contributed by atoms with van der Waals surface area (Å²) in [5.41, 5.74) is 8.41. The fourth-order valence-electron chi connectivity index (χ4n) is 7.53. The number of hydrogen-bond acceptors (Lipinski definition) is 1. The van der Waals surface area contributed by atoms with E-state index < -0.39 is 0 Å². The molecule has 7 atom stereocenters. The molecule has 0 amide bonds. The van der Waals surface area contributed by atoms with Gasteiger partial charge in [0.15, 0.2) is 0 Å². The van der Waals surface area contributed by atoms with Crippen LogP contribution in [0.2, 0.25) is 0 Å². The van der Waals surface area contributed by atoms with Crippen molar-refractivity contribution in [3.8, 4) is 0 Å². The lowest BCUT2D eigenvalue weighted by molar-refractivity contribution is -0.120. The molecule has 4 saturated carbocycles. The third-order valence-corrected chi connectivity index (χ3v) is 9.07. The smallest absolute Gasteiger partial charge is 0.0240 e. The standard InChI is InChI=1S/C20H35N/c1-14-7-12-19(3)15(13-14)5-6-17-16(19)8-11-18(2)9-4-10-20(17,18)21/h14-17H,4-13,21H2,1-3H3/t14?,15-,16+,17?,18+,19+,20+/m1/s1. The van der Waals surface area contributed by atoms with E-state index in [0.717, 1.165) is 23.7 Å². The maximum absolute atomic E-state index is 7.16. The van der Waals surface area contributed by atoms with E-state index in [-0.39, 0.29) is 5.54 Å². The minimum Gasteiger partial charge on any atom is -0.324 e.